The number of rotatable bonds is 2. The Bertz CT molecular complexity index is 223. The second-order valence-corrected chi connectivity index (χ2v) is 2.99. The highest BCUT2D eigenvalue weighted by Gasteiger charge is 2.41. The minimum absolute atomic E-state index is 0.567. The zero-order valence-corrected chi connectivity index (χ0v) is 6.80. The molecule has 5 heteroatoms. The highest BCUT2D eigenvalue weighted by atomic mass is 19.1. The van der Waals surface area contributed by atoms with E-state index in [4.69, 9.17) is 4.74 Å². The molecule has 1 aliphatic heterocycles. The molecule has 1 fully saturated rings. The summed E-state index contributed by atoms with van der Waals surface area (Å²) in [6.45, 7) is 3.04. The number of esters is 1. The average molecular weight is 176 g/mol. The number of hydrogen-bond acceptors (Lipinski definition) is 4. The van der Waals surface area contributed by atoms with Crippen molar-refractivity contribution in [3.8, 4) is 0 Å². The van der Waals surface area contributed by atoms with Crippen LogP contribution in [0.5, 0.6) is 0 Å². The van der Waals surface area contributed by atoms with Crippen molar-refractivity contribution in [1.29, 1.82) is 0 Å². The first-order valence-electron chi connectivity index (χ1n) is 3.50. The molecular formula is C7H9FO4. The molecule has 12 heavy (non-hydrogen) atoms. The third kappa shape index (κ3) is 2.01. The third-order valence-electron chi connectivity index (χ3n) is 1.38. The van der Waals surface area contributed by atoms with Crippen molar-refractivity contribution in [1.82, 2.24) is 0 Å². The van der Waals surface area contributed by atoms with E-state index in [1.54, 1.807) is 0 Å². The van der Waals surface area contributed by atoms with Crippen molar-refractivity contribution in [2.75, 3.05) is 0 Å². The molecule has 0 aromatic rings. The van der Waals surface area contributed by atoms with Crippen LogP contribution in [-0.4, -0.2) is 23.9 Å². The van der Waals surface area contributed by atoms with Gasteiger partial charge in [-0.1, -0.05) is 0 Å². The zero-order valence-electron chi connectivity index (χ0n) is 6.80. The molecule has 4 nitrogen and oxygen atoms in total. The average Bonchev–Trinajstić information content (AvgIpc) is 2.03. The maximum absolute atomic E-state index is 11.9. The molecule has 0 radical (unpaired) electrons. The highest BCUT2D eigenvalue weighted by molar-refractivity contribution is 5.82. The van der Waals surface area contributed by atoms with Crippen molar-refractivity contribution in [2.45, 2.75) is 32.2 Å². The van der Waals surface area contributed by atoms with E-state index in [2.05, 4.69) is 4.74 Å². The molecule has 0 N–H and O–H groups in total. The zero-order chi connectivity index (χ0) is 9.35. The smallest absolute Gasteiger partial charge is 0.338 e. The van der Waals surface area contributed by atoms with E-state index < -0.39 is 30.3 Å². The monoisotopic (exact) mass is 176 g/mol. The summed E-state index contributed by atoms with van der Waals surface area (Å²) < 4.78 is 21.5. The summed E-state index contributed by atoms with van der Waals surface area (Å²) in [5.74, 6) is -1.73. The normalized spacial score (nSPS) is 26.9. The summed E-state index contributed by atoms with van der Waals surface area (Å²) in [7, 11) is 0. The molecule has 0 bridgehead atoms. The summed E-state index contributed by atoms with van der Waals surface area (Å²) in [5, 5.41) is 0. The molecule has 1 saturated heterocycles. The Morgan fingerprint density at radius 3 is 2.58 bits per heavy atom. The van der Waals surface area contributed by atoms with E-state index in [1.807, 2.05) is 0 Å². The fraction of sp³-hybridized carbons (Fsp3) is 0.714. The lowest BCUT2D eigenvalue weighted by atomic mass is 10.3. The molecule has 1 heterocycles. The molecule has 0 amide bonds. The number of carbonyl (C=O) groups is 2. The Morgan fingerprint density at radius 2 is 2.25 bits per heavy atom. The fourth-order valence-electron chi connectivity index (χ4n) is 0.993. The Labute approximate surface area is 68.6 Å². The van der Waals surface area contributed by atoms with Gasteiger partial charge < -0.3 is 9.47 Å². The van der Waals surface area contributed by atoms with Crippen LogP contribution < -0.4 is 0 Å². The van der Waals surface area contributed by atoms with Crippen molar-refractivity contribution < 1.29 is 23.5 Å². The first-order valence-corrected chi connectivity index (χ1v) is 3.50. The standard InChI is InChI=1S/C7H9FO4/c1-7(2)11-4(3-5(8)9)6(10)12-7/h4H,3H2,1-2H3/t4-/m1/s1. The lowest BCUT2D eigenvalue weighted by Crippen LogP contribution is -2.22. The fourth-order valence-corrected chi connectivity index (χ4v) is 0.993. The Kier molecular flexibility index (Phi) is 2.14. The van der Waals surface area contributed by atoms with Crippen LogP contribution in [0.4, 0.5) is 4.39 Å². The van der Waals surface area contributed by atoms with Gasteiger partial charge in [-0.3, -0.25) is 4.79 Å². The van der Waals surface area contributed by atoms with Crippen LogP contribution in [0.1, 0.15) is 20.3 Å². The number of hydrogen-bond donors (Lipinski definition) is 0. The van der Waals surface area contributed by atoms with Crippen LogP contribution in [0.15, 0.2) is 0 Å². The predicted molar refractivity (Wildman–Crippen MR) is 35.8 cm³/mol. The summed E-state index contributed by atoms with van der Waals surface area (Å²) >= 11 is 0. The summed E-state index contributed by atoms with van der Waals surface area (Å²) in [6, 6.07) is -1.57. The molecule has 0 aromatic carbocycles. The number of carbonyl (C=O) groups excluding carboxylic acids is 2. The molecule has 1 rings (SSSR count). The maximum atomic E-state index is 11.9. The quantitative estimate of drug-likeness (QED) is 0.455. The molecule has 0 spiro atoms. The van der Waals surface area contributed by atoms with E-state index >= 15 is 0 Å². The number of halogens is 1. The van der Waals surface area contributed by atoms with E-state index in [0.29, 0.717) is 0 Å². The second-order valence-electron chi connectivity index (χ2n) is 2.99. The molecule has 0 unspecified atom stereocenters. The van der Waals surface area contributed by atoms with Gasteiger partial charge in [0.25, 0.3) is 0 Å². The van der Waals surface area contributed by atoms with Crippen LogP contribution in [0.25, 0.3) is 0 Å². The predicted octanol–water partition coefficient (Wildman–Crippen LogP) is 0.551. The topological polar surface area (TPSA) is 52.6 Å². The van der Waals surface area contributed by atoms with Gasteiger partial charge in [0.2, 0.25) is 5.79 Å². The van der Waals surface area contributed by atoms with Crippen molar-refractivity contribution in [2.24, 2.45) is 0 Å². The molecule has 68 valence electrons. The molecule has 0 aromatic heterocycles. The molecular weight excluding hydrogens is 167 g/mol. The highest BCUT2D eigenvalue weighted by Crippen LogP contribution is 2.25. The van der Waals surface area contributed by atoms with E-state index in [0.717, 1.165) is 0 Å². The van der Waals surface area contributed by atoms with Crippen LogP contribution in [0, 0.1) is 0 Å². The SMILES string of the molecule is CC1(C)OC(=O)[C@@H](CC(=O)F)O1. The molecule has 0 saturated carbocycles. The van der Waals surface area contributed by atoms with Gasteiger partial charge in [-0.25, -0.2) is 4.79 Å². The summed E-state index contributed by atoms with van der Waals surface area (Å²) in [6.07, 6.45) is -1.65. The van der Waals surface area contributed by atoms with Crippen molar-refractivity contribution in [3.63, 3.8) is 0 Å². The van der Waals surface area contributed by atoms with Gasteiger partial charge in [-0.15, -0.1) is 0 Å². The minimum Gasteiger partial charge on any atom is -0.432 e. The minimum atomic E-state index is -1.57. The van der Waals surface area contributed by atoms with Crippen molar-refractivity contribution in [3.05, 3.63) is 0 Å². The molecule has 1 aliphatic rings. The van der Waals surface area contributed by atoms with Gasteiger partial charge in [0.1, 0.15) is 0 Å². The van der Waals surface area contributed by atoms with E-state index in [9.17, 15) is 14.0 Å². The first-order chi connectivity index (χ1) is 5.41. The molecule has 0 aliphatic carbocycles. The van der Waals surface area contributed by atoms with Crippen molar-refractivity contribution >= 4 is 12.0 Å². The third-order valence-corrected chi connectivity index (χ3v) is 1.38. The van der Waals surface area contributed by atoms with Crippen LogP contribution >= 0.6 is 0 Å². The maximum Gasteiger partial charge on any atom is 0.338 e. The van der Waals surface area contributed by atoms with E-state index in [1.165, 1.54) is 13.8 Å². The van der Waals surface area contributed by atoms with Gasteiger partial charge in [0.15, 0.2) is 6.10 Å². The number of ether oxygens (including phenoxy) is 2. The lowest BCUT2D eigenvalue weighted by molar-refractivity contribution is -0.161. The Balaban J connectivity index is 2.58. The largest absolute Gasteiger partial charge is 0.432 e. The molecule has 1 atom stereocenters. The first kappa shape index (κ1) is 9.12. The van der Waals surface area contributed by atoms with Crippen LogP contribution in [-0.2, 0) is 19.1 Å². The van der Waals surface area contributed by atoms with Gasteiger partial charge in [-0.05, 0) is 0 Å². The van der Waals surface area contributed by atoms with Gasteiger partial charge in [-0.2, -0.15) is 4.39 Å². The summed E-state index contributed by atoms with van der Waals surface area (Å²) in [5.41, 5.74) is 0. The van der Waals surface area contributed by atoms with Gasteiger partial charge >= 0.3 is 12.0 Å². The van der Waals surface area contributed by atoms with Gasteiger partial charge in [0, 0.05) is 13.8 Å². The number of cyclic esters (lactones) is 1. The second kappa shape index (κ2) is 2.82. The lowest BCUT2D eigenvalue weighted by Gasteiger charge is -2.14. The van der Waals surface area contributed by atoms with E-state index in [-0.39, 0.29) is 0 Å². The Morgan fingerprint density at radius 1 is 1.67 bits per heavy atom. The Hall–Kier alpha value is -0.970. The summed E-state index contributed by atoms with van der Waals surface area (Å²) in [4.78, 5) is 20.9. The van der Waals surface area contributed by atoms with Gasteiger partial charge in [0.05, 0.1) is 6.42 Å². The van der Waals surface area contributed by atoms with Crippen LogP contribution in [0.3, 0.4) is 0 Å². The van der Waals surface area contributed by atoms with Crippen LogP contribution in [0.2, 0.25) is 0 Å².